The molecule has 0 atom stereocenters. The molecule has 0 N–H and O–H groups in total. The molecule has 1 aromatic carbocycles. The molecule has 0 saturated heterocycles. The van der Waals surface area contributed by atoms with E-state index < -0.39 is 0 Å². The van der Waals surface area contributed by atoms with Crippen LogP contribution >= 0.6 is 15.9 Å². The topological polar surface area (TPSA) is 43.6 Å². The fraction of sp³-hybridized carbons (Fsp3) is 0.364. The summed E-state index contributed by atoms with van der Waals surface area (Å²) in [4.78, 5) is 0. The zero-order chi connectivity index (χ0) is 11.8. The Bertz CT molecular complexity index is 499. The monoisotopic (exact) mass is 280 g/mol. The lowest BCUT2D eigenvalue weighted by Crippen LogP contribution is -2.18. The average Bonchev–Trinajstić information content (AvgIpc) is 2.65. The number of aromatic nitrogens is 4. The van der Waals surface area contributed by atoms with Crippen molar-refractivity contribution in [1.29, 1.82) is 0 Å². The number of tetrazole rings is 1. The lowest BCUT2D eigenvalue weighted by Gasteiger charge is -2.17. The van der Waals surface area contributed by atoms with Crippen molar-refractivity contribution in [3.63, 3.8) is 0 Å². The highest BCUT2D eigenvalue weighted by molar-refractivity contribution is 9.10. The van der Waals surface area contributed by atoms with Crippen LogP contribution in [0.4, 0.5) is 0 Å². The molecule has 0 aliphatic carbocycles. The number of halogens is 1. The molecular weight excluding hydrogens is 268 g/mol. The summed E-state index contributed by atoms with van der Waals surface area (Å²) < 4.78 is 2.78. The molecule has 0 unspecified atom stereocenters. The minimum absolute atomic E-state index is 0.0776. The number of rotatable bonds is 1. The number of nitrogens with zero attached hydrogens (tertiary/aromatic N) is 4. The average molecular weight is 281 g/mol. The summed E-state index contributed by atoms with van der Waals surface area (Å²) in [7, 11) is 0. The molecule has 0 saturated carbocycles. The van der Waals surface area contributed by atoms with Crippen LogP contribution in [-0.2, 0) is 5.41 Å². The van der Waals surface area contributed by atoms with E-state index >= 15 is 0 Å². The van der Waals surface area contributed by atoms with Crippen molar-refractivity contribution in [3.8, 4) is 5.69 Å². The number of hydrogen-bond acceptors (Lipinski definition) is 3. The Balaban J connectivity index is 2.53. The van der Waals surface area contributed by atoms with Gasteiger partial charge in [0.25, 0.3) is 0 Å². The van der Waals surface area contributed by atoms with Crippen LogP contribution in [0.3, 0.4) is 0 Å². The number of hydrogen-bond donors (Lipinski definition) is 0. The smallest absolute Gasteiger partial charge is 0.162 e. The van der Waals surface area contributed by atoms with E-state index in [1.807, 2.05) is 24.3 Å². The van der Waals surface area contributed by atoms with Gasteiger partial charge in [0.1, 0.15) is 0 Å². The van der Waals surface area contributed by atoms with Gasteiger partial charge in [-0.1, -0.05) is 42.8 Å². The van der Waals surface area contributed by atoms with E-state index in [9.17, 15) is 0 Å². The molecular formula is C11H13BrN4. The molecule has 0 fully saturated rings. The standard InChI is InChI=1S/C11H13BrN4/c1-11(2,3)10-13-14-15-16(10)9-6-4-5-8(12)7-9/h4-7H,1-3H3. The van der Waals surface area contributed by atoms with Crippen molar-refractivity contribution in [2.45, 2.75) is 26.2 Å². The second-order valence-electron chi connectivity index (χ2n) is 4.64. The minimum Gasteiger partial charge on any atom is -0.197 e. The predicted molar refractivity (Wildman–Crippen MR) is 65.6 cm³/mol. The molecule has 1 aromatic heterocycles. The largest absolute Gasteiger partial charge is 0.197 e. The highest BCUT2D eigenvalue weighted by atomic mass is 79.9. The maximum absolute atomic E-state index is 4.08. The third-order valence-electron chi connectivity index (χ3n) is 2.19. The van der Waals surface area contributed by atoms with Gasteiger partial charge in [-0.3, -0.25) is 0 Å². The van der Waals surface area contributed by atoms with Crippen molar-refractivity contribution in [1.82, 2.24) is 20.2 Å². The molecule has 0 aliphatic heterocycles. The van der Waals surface area contributed by atoms with Crippen molar-refractivity contribution >= 4 is 15.9 Å². The van der Waals surface area contributed by atoms with Gasteiger partial charge in [0.05, 0.1) is 5.69 Å². The third-order valence-corrected chi connectivity index (χ3v) is 2.69. The molecule has 0 radical (unpaired) electrons. The summed E-state index contributed by atoms with van der Waals surface area (Å²) in [5.74, 6) is 0.852. The normalized spacial score (nSPS) is 11.8. The van der Waals surface area contributed by atoms with Gasteiger partial charge in [-0.15, -0.1) is 5.10 Å². The van der Waals surface area contributed by atoms with Crippen molar-refractivity contribution in [2.75, 3.05) is 0 Å². The first kappa shape index (κ1) is 11.3. The van der Waals surface area contributed by atoms with Gasteiger partial charge in [-0.25, -0.2) is 0 Å². The second kappa shape index (κ2) is 3.97. The van der Waals surface area contributed by atoms with Gasteiger partial charge in [-0.05, 0) is 28.6 Å². The maximum Gasteiger partial charge on any atom is 0.162 e. The summed E-state index contributed by atoms with van der Waals surface area (Å²) in [5.41, 5.74) is 0.885. The summed E-state index contributed by atoms with van der Waals surface area (Å²) in [6.45, 7) is 6.27. The van der Waals surface area contributed by atoms with Gasteiger partial charge in [0.15, 0.2) is 5.82 Å². The van der Waals surface area contributed by atoms with Gasteiger partial charge >= 0.3 is 0 Å². The fourth-order valence-electron chi connectivity index (χ4n) is 1.44. The predicted octanol–water partition coefficient (Wildman–Crippen LogP) is 2.72. The van der Waals surface area contributed by atoms with Gasteiger partial charge < -0.3 is 0 Å². The van der Waals surface area contributed by atoms with E-state index in [0.29, 0.717) is 0 Å². The van der Waals surface area contributed by atoms with Crippen molar-refractivity contribution < 1.29 is 0 Å². The molecule has 0 bridgehead atoms. The van der Waals surface area contributed by atoms with E-state index in [0.717, 1.165) is 16.0 Å². The minimum atomic E-state index is -0.0776. The summed E-state index contributed by atoms with van der Waals surface area (Å²) in [5, 5.41) is 11.9. The van der Waals surface area contributed by atoms with Gasteiger partial charge in [0.2, 0.25) is 0 Å². The summed E-state index contributed by atoms with van der Waals surface area (Å²) >= 11 is 3.44. The van der Waals surface area contributed by atoms with Crippen LogP contribution in [0.2, 0.25) is 0 Å². The van der Waals surface area contributed by atoms with Crippen LogP contribution < -0.4 is 0 Å². The SMILES string of the molecule is CC(C)(C)c1nnnn1-c1cccc(Br)c1. The third kappa shape index (κ3) is 2.14. The molecule has 2 aromatic rings. The van der Waals surface area contributed by atoms with Gasteiger partial charge in [0, 0.05) is 9.89 Å². The Morgan fingerprint density at radius 3 is 2.62 bits per heavy atom. The number of benzene rings is 1. The van der Waals surface area contributed by atoms with E-state index in [1.54, 1.807) is 4.68 Å². The highest BCUT2D eigenvalue weighted by Gasteiger charge is 2.22. The van der Waals surface area contributed by atoms with E-state index in [1.165, 1.54) is 0 Å². The first-order valence-corrected chi connectivity index (χ1v) is 5.82. The summed E-state index contributed by atoms with van der Waals surface area (Å²) in [6, 6.07) is 7.92. The molecule has 0 amide bonds. The Kier molecular flexibility index (Phi) is 2.80. The molecule has 84 valence electrons. The zero-order valence-corrected chi connectivity index (χ0v) is 11.1. The maximum atomic E-state index is 4.08. The van der Waals surface area contributed by atoms with E-state index in [2.05, 4.69) is 52.2 Å². The highest BCUT2D eigenvalue weighted by Crippen LogP contribution is 2.22. The van der Waals surface area contributed by atoms with Crippen LogP contribution in [0.15, 0.2) is 28.7 Å². The first-order chi connectivity index (χ1) is 7.48. The molecule has 0 aliphatic rings. The lowest BCUT2D eigenvalue weighted by molar-refractivity contribution is 0.526. The molecule has 1 heterocycles. The fourth-order valence-corrected chi connectivity index (χ4v) is 1.82. The molecule has 16 heavy (non-hydrogen) atoms. The van der Waals surface area contributed by atoms with Crippen molar-refractivity contribution in [3.05, 3.63) is 34.6 Å². The summed E-state index contributed by atoms with van der Waals surface area (Å²) in [6.07, 6.45) is 0. The molecule has 4 nitrogen and oxygen atoms in total. The Morgan fingerprint density at radius 2 is 2.00 bits per heavy atom. The van der Waals surface area contributed by atoms with Gasteiger partial charge in [-0.2, -0.15) is 4.68 Å². The van der Waals surface area contributed by atoms with Crippen LogP contribution in [-0.4, -0.2) is 20.2 Å². The Labute approximate surface area is 103 Å². The Hall–Kier alpha value is -1.23. The second-order valence-corrected chi connectivity index (χ2v) is 5.56. The van der Waals surface area contributed by atoms with Crippen LogP contribution in [0, 0.1) is 0 Å². The zero-order valence-electron chi connectivity index (χ0n) is 9.48. The van der Waals surface area contributed by atoms with Crippen molar-refractivity contribution in [2.24, 2.45) is 0 Å². The Morgan fingerprint density at radius 1 is 1.25 bits per heavy atom. The quantitative estimate of drug-likeness (QED) is 0.807. The molecule has 5 heteroatoms. The van der Waals surface area contributed by atoms with E-state index in [-0.39, 0.29) is 5.41 Å². The van der Waals surface area contributed by atoms with Crippen LogP contribution in [0.5, 0.6) is 0 Å². The van der Waals surface area contributed by atoms with Crippen LogP contribution in [0.1, 0.15) is 26.6 Å². The molecule has 2 rings (SSSR count). The van der Waals surface area contributed by atoms with Crippen LogP contribution in [0.25, 0.3) is 5.69 Å². The molecule has 0 spiro atoms. The van der Waals surface area contributed by atoms with E-state index in [4.69, 9.17) is 0 Å². The first-order valence-electron chi connectivity index (χ1n) is 5.03. The lowest BCUT2D eigenvalue weighted by atomic mass is 9.96.